The van der Waals surface area contributed by atoms with Crippen LogP contribution in [0.4, 0.5) is 0 Å². The van der Waals surface area contributed by atoms with Gasteiger partial charge in [-0.2, -0.15) is 5.10 Å². The van der Waals surface area contributed by atoms with Crippen LogP contribution in [0, 0.1) is 5.41 Å². The Morgan fingerprint density at radius 3 is 2.54 bits per heavy atom. The van der Waals surface area contributed by atoms with E-state index < -0.39 is 0 Å². The quantitative estimate of drug-likeness (QED) is 0.805. The van der Waals surface area contributed by atoms with E-state index in [2.05, 4.69) is 52.4 Å². The van der Waals surface area contributed by atoms with Crippen molar-refractivity contribution in [1.29, 1.82) is 0 Å². The number of nitrogens with zero attached hydrogens (tertiary/aromatic N) is 2. The van der Waals surface area contributed by atoms with Gasteiger partial charge in [-0.1, -0.05) is 56.5 Å². The smallest absolute Gasteiger partial charge is 0.228 e. The fourth-order valence-electron chi connectivity index (χ4n) is 5.10. The van der Waals surface area contributed by atoms with Crippen molar-refractivity contribution >= 4 is 5.91 Å². The second-order valence-corrected chi connectivity index (χ2v) is 8.98. The third-order valence-electron chi connectivity index (χ3n) is 6.94. The Balaban J connectivity index is 1.34. The van der Waals surface area contributed by atoms with Crippen LogP contribution in [-0.4, -0.2) is 34.1 Å². The summed E-state index contributed by atoms with van der Waals surface area (Å²) in [5.74, 6) is 0.899. The van der Waals surface area contributed by atoms with Gasteiger partial charge in [0, 0.05) is 30.1 Å². The van der Waals surface area contributed by atoms with Gasteiger partial charge in [0.25, 0.3) is 0 Å². The number of hydrogen-bond acceptors (Lipinski definition) is 2. The highest BCUT2D eigenvalue weighted by atomic mass is 16.2. The first-order valence-corrected chi connectivity index (χ1v) is 11.0. The molecule has 0 bridgehead atoms. The van der Waals surface area contributed by atoms with Crippen molar-refractivity contribution in [3.63, 3.8) is 0 Å². The first kappa shape index (κ1) is 19.2. The lowest BCUT2D eigenvalue weighted by molar-refractivity contribution is -0.144. The normalized spacial score (nSPS) is 20.2. The number of H-pyrrole nitrogens is 1. The van der Waals surface area contributed by atoms with Crippen molar-refractivity contribution in [1.82, 2.24) is 15.1 Å². The molecule has 2 fully saturated rings. The molecule has 2 aromatic rings. The minimum atomic E-state index is -0.111. The molecular weight excluding hydrogens is 346 g/mol. The van der Waals surface area contributed by atoms with Crippen LogP contribution in [0.3, 0.4) is 0 Å². The van der Waals surface area contributed by atoms with Crippen molar-refractivity contribution in [2.24, 2.45) is 5.41 Å². The summed E-state index contributed by atoms with van der Waals surface area (Å²) < 4.78 is 0. The summed E-state index contributed by atoms with van der Waals surface area (Å²) >= 11 is 0. The summed E-state index contributed by atoms with van der Waals surface area (Å²) in [6.45, 7) is 3.96. The maximum atomic E-state index is 13.1. The van der Waals surface area contributed by atoms with Gasteiger partial charge in [0.1, 0.15) is 0 Å². The van der Waals surface area contributed by atoms with Gasteiger partial charge in [-0.05, 0) is 49.7 Å². The second-order valence-electron chi connectivity index (χ2n) is 8.98. The van der Waals surface area contributed by atoms with Crippen LogP contribution in [0.2, 0.25) is 0 Å². The monoisotopic (exact) mass is 379 g/mol. The third kappa shape index (κ3) is 4.16. The molecule has 1 aromatic carbocycles. The maximum absolute atomic E-state index is 13.1. The number of carbonyl (C=O) groups excluding carboxylic acids is 1. The number of rotatable bonds is 5. The topological polar surface area (TPSA) is 49.0 Å². The van der Waals surface area contributed by atoms with Crippen LogP contribution in [-0.2, 0) is 17.6 Å². The van der Waals surface area contributed by atoms with E-state index in [4.69, 9.17) is 0 Å². The zero-order chi connectivity index (χ0) is 19.4. The van der Waals surface area contributed by atoms with Gasteiger partial charge in [-0.25, -0.2) is 0 Å². The van der Waals surface area contributed by atoms with Crippen molar-refractivity contribution in [3.8, 4) is 0 Å². The van der Waals surface area contributed by atoms with Gasteiger partial charge in [-0.3, -0.25) is 9.89 Å². The molecule has 0 radical (unpaired) electrons. The molecule has 1 aliphatic carbocycles. The average molecular weight is 380 g/mol. The minimum absolute atomic E-state index is 0.111. The van der Waals surface area contributed by atoms with E-state index in [1.54, 1.807) is 0 Å². The van der Waals surface area contributed by atoms with Gasteiger partial charge in [0.05, 0.1) is 6.20 Å². The molecule has 0 spiro atoms. The Hall–Kier alpha value is -2.10. The molecule has 0 unspecified atom stereocenters. The molecule has 1 saturated heterocycles. The van der Waals surface area contributed by atoms with Gasteiger partial charge in [0.15, 0.2) is 0 Å². The number of likely N-dealkylation sites (tertiary alicyclic amines) is 1. The van der Waals surface area contributed by atoms with Gasteiger partial charge in [0.2, 0.25) is 5.91 Å². The number of amides is 1. The highest BCUT2D eigenvalue weighted by Gasteiger charge is 2.39. The SMILES string of the molecule is CC1(C(=O)N2CCC(c3[nH]ncc3CCc3ccccc3)CC2)CCCCC1. The number of aromatic amines is 1. The molecule has 2 heterocycles. The molecule has 150 valence electrons. The third-order valence-corrected chi connectivity index (χ3v) is 6.94. The first-order valence-electron chi connectivity index (χ1n) is 11.0. The summed E-state index contributed by atoms with van der Waals surface area (Å²) in [6.07, 6.45) is 12.0. The van der Waals surface area contributed by atoms with Gasteiger partial charge in [-0.15, -0.1) is 0 Å². The summed E-state index contributed by atoms with van der Waals surface area (Å²) in [7, 11) is 0. The second kappa shape index (κ2) is 8.50. The van der Waals surface area contributed by atoms with E-state index in [-0.39, 0.29) is 5.41 Å². The predicted molar refractivity (Wildman–Crippen MR) is 112 cm³/mol. The fraction of sp³-hybridized carbons (Fsp3) is 0.583. The molecule has 1 saturated carbocycles. The van der Waals surface area contributed by atoms with E-state index in [9.17, 15) is 4.79 Å². The zero-order valence-corrected chi connectivity index (χ0v) is 17.1. The van der Waals surface area contributed by atoms with Gasteiger partial charge >= 0.3 is 0 Å². The number of aromatic nitrogens is 2. The lowest BCUT2D eigenvalue weighted by Crippen LogP contribution is -2.46. The average Bonchev–Trinajstić information content (AvgIpc) is 3.22. The van der Waals surface area contributed by atoms with Crippen LogP contribution >= 0.6 is 0 Å². The van der Waals surface area contributed by atoms with Crippen molar-refractivity contribution in [3.05, 3.63) is 53.3 Å². The molecular formula is C24H33N3O. The molecule has 0 atom stereocenters. The number of aryl methyl sites for hydroxylation is 2. The predicted octanol–water partition coefficient (Wildman–Crippen LogP) is 4.87. The van der Waals surface area contributed by atoms with E-state index in [0.29, 0.717) is 11.8 Å². The molecule has 4 nitrogen and oxygen atoms in total. The number of hydrogen-bond donors (Lipinski definition) is 1. The molecule has 2 aliphatic rings. The lowest BCUT2D eigenvalue weighted by atomic mass is 9.74. The number of benzene rings is 1. The molecule has 28 heavy (non-hydrogen) atoms. The largest absolute Gasteiger partial charge is 0.342 e. The molecule has 1 aromatic heterocycles. The molecule has 4 rings (SSSR count). The van der Waals surface area contributed by atoms with Crippen molar-refractivity contribution in [2.75, 3.05) is 13.1 Å². The van der Waals surface area contributed by atoms with Crippen molar-refractivity contribution < 1.29 is 4.79 Å². The number of carbonyl (C=O) groups is 1. The Bertz CT molecular complexity index is 768. The number of piperidine rings is 1. The Labute approximate surface area is 168 Å². The van der Waals surface area contributed by atoms with Crippen LogP contribution in [0.15, 0.2) is 36.5 Å². The zero-order valence-electron chi connectivity index (χ0n) is 17.1. The molecule has 1 N–H and O–H groups in total. The minimum Gasteiger partial charge on any atom is -0.342 e. The fourth-order valence-corrected chi connectivity index (χ4v) is 5.10. The number of nitrogens with one attached hydrogen (secondary N) is 1. The van der Waals surface area contributed by atoms with Crippen LogP contribution < -0.4 is 0 Å². The Kier molecular flexibility index (Phi) is 5.84. The Morgan fingerprint density at radius 2 is 1.82 bits per heavy atom. The van der Waals surface area contributed by atoms with Crippen LogP contribution in [0.1, 0.15) is 74.6 Å². The summed E-state index contributed by atoms with van der Waals surface area (Å²) in [5.41, 5.74) is 3.90. The lowest BCUT2D eigenvalue weighted by Gasteiger charge is -2.40. The summed E-state index contributed by atoms with van der Waals surface area (Å²) in [6, 6.07) is 10.7. The Morgan fingerprint density at radius 1 is 1.11 bits per heavy atom. The van der Waals surface area contributed by atoms with Gasteiger partial charge < -0.3 is 4.90 Å². The molecule has 4 heteroatoms. The van der Waals surface area contributed by atoms with Crippen molar-refractivity contribution in [2.45, 2.75) is 70.6 Å². The van der Waals surface area contributed by atoms with E-state index >= 15 is 0 Å². The summed E-state index contributed by atoms with van der Waals surface area (Å²) in [4.78, 5) is 15.2. The van der Waals surface area contributed by atoms with E-state index in [0.717, 1.165) is 51.6 Å². The highest BCUT2D eigenvalue weighted by Crippen LogP contribution is 2.39. The van der Waals surface area contributed by atoms with Crippen LogP contribution in [0.5, 0.6) is 0 Å². The highest BCUT2D eigenvalue weighted by molar-refractivity contribution is 5.82. The molecule has 1 amide bonds. The summed E-state index contributed by atoms with van der Waals surface area (Å²) in [5, 5.41) is 7.62. The molecule has 1 aliphatic heterocycles. The standard InChI is InChI=1S/C24H33N3O/c1-24(14-6-3-7-15-24)23(28)27-16-12-20(13-17-27)22-21(18-25-26-22)11-10-19-8-4-2-5-9-19/h2,4-5,8-9,18,20H,3,6-7,10-17H2,1H3,(H,25,26). The first-order chi connectivity index (χ1) is 13.7. The van der Waals surface area contributed by atoms with E-state index in [1.807, 2.05) is 6.20 Å². The van der Waals surface area contributed by atoms with Crippen LogP contribution in [0.25, 0.3) is 0 Å². The van der Waals surface area contributed by atoms with E-state index in [1.165, 1.54) is 36.1 Å². The maximum Gasteiger partial charge on any atom is 0.228 e.